The molecule has 6 heteroatoms. The van der Waals surface area contributed by atoms with E-state index in [1.165, 1.54) is 0 Å². The summed E-state index contributed by atoms with van der Waals surface area (Å²) in [5, 5.41) is 0. The smallest absolute Gasteiger partial charge is 0.235 e. The third-order valence-corrected chi connectivity index (χ3v) is 5.79. The summed E-state index contributed by atoms with van der Waals surface area (Å²) < 4.78 is 13.1. The van der Waals surface area contributed by atoms with Crippen LogP contribution in [0.1, 0.15) is 32.1 Å². The van der Waals surface area contributed by atoms with Crippen molar-refractivity contribution in [1.29, 1.82) is 0 Å². The van der Waals surface area contributed by atoms with Gasteiger partial charge in [0, 0.05) is 31.7 Å². The van der Waals surface area contributed by atoms with E-state index in [9.17, 15) is 14.0 Å². The highest BCUT2D eigenvalue weighted by Gasteiger charge is 2.51. The molecular formula is C18H22FN3O2. The molecule has 0 aromatic carbocycles. The van der Waals surface area contributed by atoms with Gasteiger partial charge in [-0.05, 0) is 44.2 Å². The second-order valence-electron chi connectivity index (χ2n) is 7.33. The van der Waals surface area contributed by atoms with Gasteiger partial charge >= 0.3 is 0 Å². The zero-order chi connectivity index (χ0) is 16.7. The molecule has 2 aliphatic heterocycles. The average Bonchev–Trinajstić information content (AvgIpc) is 2.89. The van der Waals surface area contributed by atoms with Gasteiger partial charge in [-0.2, -0.15) is 0 Å². The number of hydrogen-bond acceptors (Lipinski definition) is 3. The molecular weight excluding hydrogens is 309 g/mol. The maximum absolute atomic E-state index is 13.1. The largest absolute Gasteiger partial charge is 0.341 e. The van der Waals surface area contributed by atoms with Gasteiger partial charge in [0.25, 0.3) is 0 Å². The summed E-state index contributed by atoms with van der Waals surface area (Å²) >= 11 is 0. The summed E-state index contributed by atoms with van der Waals surface area (Å²) in [4.78, 5) is 33.3. The first-order valence-corrected chi connectivity index (χ1v) is 8.74. The highest BCUT2D eigenvalue weighted by molar-refractivity contribution is 6.00. The quantitative estimate of drug-likeness (QED) is 0.835. The molecule has 1 aliphatic carbocycles. The molecule has 0 radical (unpaired) electrons. The molecule has 24 heavy (non-hydrogen) atoms. The number of rotatable bonds is 2. The third-order valence-electron chi connectivity index (χ3n) is 5.79. The number of likely N-dealkylation sites (tertiary alicyclic amines) is 1. The zero-order valence-corrected chi connectivity index (χ0v) is 13.7. The second-order valence-corrected chi connectivity index (χ2v) is 7.33. The van der Waals surface area contributed by atoms with Crippen molar-refractivity contribution in [2.45, 2.75) is 38.3 Å². The molecule has 5 nitrogen and oxygen atoms in total. The monoisotopic (exact) mass is 331 g/mol. The first kappa shape index (κ1) is 15.5. The molecule has 1 spiro atoms. The van der Waals surface area contributed by atoms with Crippen LogP contribution in [0.15, 0.2) is 24.5 Å². The van der Waals surface area contributed by atoms with Crippen molar-refractivity contribution in [2.24, 2.45) is 11.3 Å². The number of carbonyl (C=O) groups excluding carboxylic acids is 2. The Morgan fingerprint density at radius 1 is 1.29 bits per heavy atom. The normalized spacial score (nSPS) is 33.0. The highest BCUT2D eigenvalue weighted by Crippen LogP contribution is 2.43. The lowest BCUT2D eigenvalue weighted by atomic mass is 9.76. The molecule has 3 fully saturated rings. The zero-order valence-electron chi connectivity index (χ0n) is 13.7. The van der Waals surface area contributed by atoms with E-state index in [1.807, 2.05) is 17.0 Å². The third kappa shape index (κ3) is 2.48. The molecule has 4 rings (SSSR count). The van der Waals surface area contributed by atoms with Crippen molar-refractivity contribution < 1.29 is 14.0 Å². The van der Waals surface area contributed by atoms with E-state index in [1.54, 1.807) is 17.3 Å². The van der Waals surface area contributed by atoms with E-state index in [4.69, 9.17) is 0 Å². The van der Waals surface area contributed by atoms with Crippen LogP contribution in [0, 0.1) is 11.3 Å². The summed E-state index contributed by atoms with van der Waals surface area (Å²) in [6.45, 7) is 1.84. The lowest BCUT2D eigenvalue weighted by Gasteiger charge is -2.42. The van der Waals surface area contributed by atoms with E-state index < -0.39 is 11.6 Å². The molecule has 0 N–H and O–H groups in total. The average molecular weight is 331 g/mol. The molecule has 1 atom stereocenters. The fourth-order valence-electron chi connectivity index (χ4n) is 4.29. The number of alkyl halides is 1. The molecule has 3 aliphatic rings. The number of amides is 2. The minimum atomic E-state index is -0.827. The molecule has 2 saturated heterocycles. The highest BCUT2D eigenvalue weighted by atomic mass is 19.1. The van der Waals surface area contributed by atoms with Crippen molar-refractivity contribution >= 4 is 17.5 Å². The van der Waals surface area contributed by atoms with Gasteiger partial charge in [-0.15, -0.1) is 0 Å². The maximum atomic E-state index is 13.1. The lowest BCUT2D eigenvalue weighted by Crippen LogP contribution is -2.52. The van der Waals surface area contributed by atoms with Gasteiger partial charge in [-0.25, -0.2) is 4.39 Å². The number of hydrogen-bond donors (Lipinski definition) is 0. The van der Waals surface area contributed by atoms with Crippen LogP contribution in [0.25, 0.3) is 0 Å². The topological polar surface area (TPSA) is 53.5 Å². The van der Waals surface area contributed by atoms with Gasteiger partial charge in [0.15, 0.2) is 0 Å². The Labute approximate surface area is 140 Å². The van der Waals surface area contributed by atoms with Crippen molar-refractivity contribution in [3.05, 3.63) is 24.5 Å². The van der Waals surface area contributed by atoms with Gasteiger partial charge in [0.05, 0.1) is 17.3 Å². The fraction of sp³-hybridized carbons (Fsp3) is 0.611. The first-order valence-electron chi connectivity index (χ1n) is 8.74. The molecule has 1 aromatic rings. The molecule has 0 bridgehead atoms. The number of pyridine rings is 1. The van der Waals surface area contributed by atoms with Crippen LogP contribution < -0.4 is 4.90 Å². The van der Waals surface area contributed by atoms with Crippen molar-refractivity contribution in [3.8, 4) is 0 Å². The summed E-state index contributed by atoms with van der Waals surface area (Å²) in [5.74, 6) is -0.0401. The van der Waals surface area contributed by atoms with Crippen LogP contribution >= 0.6 is 0 Å². The molecule has 1 aromatic heterocycles. The van der Waals surface area contributed by atoms with Crippen LogP contribution in [-0.4, -0.2) is 47.5 Å². The number of halogens is 1. The second kappa shape index (κ2) is 5.83. The Balaban J connectivity index is 1.49. The number of nitrogens with zero attached hydrogens (tertiary/aromatic N) is 3. The Morgan fingerprint density at radius 2 is 2.12 bits per heavy atom. The molecule has 3 heterocycles. The van der Waals surface area contributed by atoms with Gasteiger partial charge in [-0.1, -0.05) is 0 Å². The lowest BCUT2D eigenvalue weighted by molar-refractivity contribution is -0.146. The number of aromatic nitrogens is 1. The van der Waals surface area contributed by atoms with E-state index in [-0.39, 0.29) is 17.7 Å². The van der Waals surface area contributed by atoms with Gasteiger partial charge < -0.3 is 9.80 Å². The van der Waals surface area contributed by atoms with E-state index in [2.05, 4.69) is 4.98 Å². The van der Waals surface area contributed by atoms with Crippen LogP contribution in [0.3, 0.4) is 0 Å². The van der Waals surface area contributed by atoms with Crippen molar-refractivity contribution in [2.75, 3.05) is 24.5 Å². The summed E-state index contributed by atoms with van der Waals surface area (Å²) in [7, 11) is 0. The standard InChI is InChI=1S/C18H22FN3O2/c19-14-9-13(10-14)16(23)21-7-2-4-18(12-21)5-8-22(17(18)24)15-3-1-6-20-11-15/h1,3,6,11,13-14H,2,4-5,7-10,12H2. The summed E-state index contributed by atoms with van der Waals surface area (Å²) in [5.41, 5.74) is 0.352. The van der Waals surface area contributed by atoms with E-state index >= 15 is 0 Å². The van der Waals surface area contributed by atoms with Crippen LogP contribution in [-0.2, 0) is 9.59 Å². The van der Waals surface area contributed by atoms with Crippen molar-refractivity contribution in [3.63, 3.8) is 0 Å². The van der Waals surface area contributed by atoms with E-state index in [0.717, 1.165) is 24.9 Å². The van der Waals surface area contributed by atoms with Crippen LogP contribution in [0.5, 0.6) is 0 Å². The Morgan fingerprint density at radius 3 is 2.83 bits per heavy atom. The number of piperidine rings is 1. The molecule has 1 unspecified atom stereocenters. The SMILES string of the molecule is O=C(C1CC(F)C1)N1CCCC2(CCN(c3cccnc3)C2=O)C1. The van der Waals surface area contributed by atoms with E-state index in [0.29, 0.717) is 32.5 Å². The van der Waals surface area contributed by atoms with Gasteiger partial charge in [0.2, 0.25) is 11.8 Å². The number of carbonyl (C=O) groups is 2. The summed E-state index contributed by atoms with van der Waals surface area (Å²) in [6, 6.07) is 3.72. The summed E-state index contributed by atoms with van der Waals surface area (Å²) in [6.07, 6.45) is 5.69. The number of anilines is 1. The minimum Gasteiger partial charge on any atom is -0.341 e. The fourth-order valence-corrected chi connectivity index (χ4v) is 4.29. The first-order chi connectivity index (χ1) is 11.6. The predicted molar refractivity (Wildman–Crippen MR) is 87.1 cm³/mol. The molecule has 1 saturated carbocycles. The Bertz CT molecular complexity index is 647. The van der Waals surface area contributed by atoms with Crippen molar-refractivity contribution in [1.82, 2.24) is 9.88 Å². The maximum Gasteiger partial charge on any atom is 0.235 e. The van der Waals surface area contributed by atoms with Gasteiger partial charge in [-0.3, -0.25) is 14.6 Å². The minimum absolute atomic E-state index is 0.0376. The Hall–Kier alpha value is -1.98. The van der Waals surface area contributed by atoms with Crippen LogP contribution in [0.2, 0.25) is 0 Å². The molecule has 128 valence electrons. The predicted octanol–water partition coefficient (Wildman–Crippen LogP) is 2.18. The Kier molecular flexibility index (Phi) is 3.77. The molecule has 2 amide bonds. The van der Waals surface area contributed by atoms with Crippen LogP contribution in [0.4, 0.5) is 10.1 Å². The van der Waals surface area contributed by atoms with Gasteiger partial charge in [0.1, 0.15) is 6.17 Å².